The lowest BCUT2D eigenvalue weighted by molar-refractivity contribution is -0.137. The first-order valence-corrected chi connectivity index (χ1v) is 8.50. The van der Waals surface area contributed by atoms with Crippen molar-refractivity contribution < 1.29 is 18.0 Å². The molecule has 1 amide bonds. The Hall–Kier alpha value is -1.37. The van der Waals surface area contributed by atoms with Crippen LogP contribution >= 0.6 is 35.0 Å². The second kappa shape index (κ2) is 8.14. The molecule has 2 rings (SSSR count). The Morgan fingerprint density at radius 1 is 1.12 bits per heavy atom. The number of hydrogen-bond donors (Lipinski definition) is 1. The molecule has 2 nitrogen and oxygen atoms in total. The van der Waals surface area contributed by atoms with Crippen LogP contribution in [0, 0.1) is 0 Å². The second-order valence-corrected chi connectivity index (χ2v) is 6.72. The van der Waals surface area contributed by atoms with Crippen molar-refractivity contribution in [1.82, 2.24) is 5.32 Å². The lowest BCUT2D eigenvalue weighted by Gasteiger charge is -2.09. The van der Waals surface area contributed by atoms with Gasteiger partial charge in [0.25, 0.3) is 0 Å². The van der Waals surface area contributed by atoms with E-state index < -0.39 is 11.7 Å². The van der Waals surface area contributed by atoms with E-state index in [1.165, 1.54) is 12.1 Å². The van der Waals surface area contributed by atoms with E-state index in [2.05, 4.69) is 5.32 Å². The number of nitrogens with one attached hydrogen (secondary N) is 1. The van der Waals surface area contributed by atoms with Gasteiger partial charge in [0.1, 0.15) is 0 Å². The summed E-state index contributed by atoms with van der Waals surface area (Å²) in [6.07, 6.45) is -4.40. The largest absolute Gasteiger partial charge is 0.416 e. The molecular formula is C16H12Cl2F3NOS. The summed E-state index contributed by atoms with van der Waals surface area (Å²) in [7, 11) is 0. The van der Waals surface area contributed by atoms with Gasteiger partial charge in [0, 0.05) is 21.5 Å². The van der Waals surface area contributed by atoms with Crippen molar-refractivity contribution in [1.29, 1.82) is 0 Å². The molecule has 0 fully saturated rings. The molecular weight excluding hydrogens is 382 g/mol. The summed E-state index contributed by atoms with van der Waals surface area (Å²) in [4.78, 5) is 12.2. The Bertz CT molecular complexity index is 738. The van der Waals surface area contributed by atoms with Gasteiger partial charge in [-0.15, -0.1) is 11.8 Å². The molecule has 0 aromatic heterocycles. The van der Waals surface area contributed by atoms with Crippen LogP contribution in [-0.4, -0.2) is 11.7 Å². The summed E-state index contributed by atoms with van der Waals surface area (Å²) in [6.45, 7) is 0.220. The second-order valence-electron chi connectivity index (χ2n) is 4.83. The molecule has 1 N–H and O–H groups in total. The van der Waals surface area contributed by atoms with E-state index in [9.17, 15) is 18.0 Å². The van der Waals surface area contributed by atoms with Crippen LogP contribution in [0.1, 0.15) is 11.1 Å². The van der Waals surface area contributed by atoms with Crippen molar-refractivity contribution in [3.8, 4) is 0 Å². The molecule has 0 unspecified atom stereocenters. The molecule has 0 spiro atoms. The minimum absolute atomic E-state index is 0.00647. The van der Waals surface area contributed by atoms with Crippen LogP contribution < -0.4 is 5.32 Å². The van der Waals surface area contributed by atoms with Gasteiger partial charge in [-0.05, 0) is 35.9 Å². The average Bonchev–Trinajstić information content (AvgIpc) is 2.51. The molecule has 0 saturated carbocycles. The lowest BCUT2D eigenvalue weighted by Crippen LogP contribution is -2.24. The van der Waals surface area contributed by atoms with Gasteiger partial charge in [0.2, 0.25) is 5.91 Å². The molecule has 0 radical (unpaired) electrons. The van der Waals surface area contributed by atoms with Gasteiger partial charge in [-0.1, -0.05) is 35.3 Å². The van der Waals surface area contributed by atoms with Crippen LogP contribution in [0.2, 0.25) is 10.0 Å². The van der Waals surface area contributed by atoms with Gasteiger partial charge in [-0.25, -0.2) is 0 Å². The molecule has 8 heteroatoms. The fourth-order valence-corrected chi connectivity index (χ4v) is 3.08. The zero-order valence-electron chi connectivity index (χ0n) is 12.2. The number of thioether (sulfide) groups is 1. The third kappa shape index (κ3) is 5.61. The third-order valence-electron chi connectivity index (χ3n) is 3.02. The van der Waals surface area contributed by atoms with Gasteiger partial charge in [0.05, 0.1) is 11.3 Å². The van der Waals surface area contributed by atoms with E-state index in [1.54, 1.807) is 18.2 Å². The molecule has 24 heavy (non-hydrogen) atoms. The number of carbonyl (C=O) groups is 1. The smallest absolute Gasteiger partial charge is 0.351 e. The van der Waals surface area contributed by atoms with Gasteiger partial charge in [0.15, 0.2) is 0 Å². The Morgan fingerprint density at radius 2 is 1.88 bits per heavy atom. The van der Waals surface area contributed by atoms with E-state index in [1.807, 2.05) is 0 Å². The Kier molecular flexibility index (Phi) is 6.43. The van der Waals surface area contributed by atoms with Crippen molar-refractivity contribution in [3.63, 3.8) is 0 Å². The van der Waals surface area contributed by atoms with Crippen molar-refractivity contribution in [2.24, 2.45) is 0 Å². The Labute approximate surface area is 151 Å². The number of rotatable bonds is 5. The topological polar surface area (TPSA) is 29.1 Å². The van der Waals surface area contributed by atoms with Crippen molar-refractivity contribution in [2.75, 3.05) is 5.75 Å². The molecule has 0 saturated heterocycles. The van der Waals surface area contributed by atoms with Crippen LogP contribution in [0.25, 0.3) is 0 Å². The standard InChI is InChI=1S/C16H12Cl2F3NOS/c17-12-5-4-10(14(18)7-12)8-22-15(23)9-24-13-3-1-2-11(6-13)16(19,20)21/h1-7H,8-9H2,(H,22,23). The minimum Gasteiger partial charge on any atom is -0.351 e. The predicted octanol–water partition coefficient (Wildman–Crippen LogP) is 5.42. The highest BCUT2D eigenvalue weighted by molar-refractivity contribution is 8.00. The van der Waals surface area contributed by atoms with Crippen LogP contribution in [0.5, 0.6) is 0 Å². The van der Waals surface area contributed by atoms with E-state index in [-0.39, 0.29) is 18.2 Å². The summed E-state index contributed by atoms with van der Waals surface area (Å²) in [5, 5.41) is 3.60. The van der Waals surface area contributed by atoms with Crippen LogP contribution in [0.3, 0.4) is 0 Å². The van der Waals surface area contributed by atoms with E-state index >= 15 is 0 Å². The van der Waals surface area contributed by atoms with Crippen molar-refractivity contribution in [2.45, 2.75) is 17.6 Å². The SMILES string of the molecule is O=C(CSc1cccc(C(F)(F)F)c1)NCc1ccc(Cl)cc1Cl. The van der Waals surface area contributed by atoms with Crippen molar-refractivity contribution in [3.05, 3.63) is 63.6 Å². The molecule has 128 valence electrons. The number of benzene rings is 2. The number of hydrogen-bond acceptors (Lipinski definition) is 2. The molecule has 0 aliphatic rings. The fourth-order valence-electron chi connectivity index (χ4n) is 1.82. The molecule has 0 bridgehead atoms. The third-order valence-corrected chi connectivity index (χ3v) is 4.60. The van der Waals surface area contributed by atoms with E-state index in [4.69, 9.17) is 23.2 Å². The molecule has 2 aromatic rings. The maximum absolute atomic E-state index is 12.6. The van der Waals surface area contributed by atoms with Crippen LogP contribution in [0.15, 0.2) is 47.4 Å². The van der Waals surface area contributed by atoms with Gasteiger partial charge >= 0.3 is 6.18 Å². The van der Waals surface area contributed by atoms with Gasteiger partial charge in [-0.2, -0.15) is 13.2 Å². The number of halogens is 5. The highest BCUT2D eigenvalue weighted by Gasteiger charge is 2.30. The molecule has 0 aliphatic heterocycles. The van der Waals surface area contributed by atoms with Crippen LogP contribution in [0.4, 0.5) is 13.2 Å². The zero-order valence-corrected chi connectivity index (χ0v) is 14.5. The molecule has 0 atom stereocenters. The fraction of sp³-hybridized carbons (Fsp3) is 0.188. The first-order chi connectivity index (χ1) is 11.3. The number of carbonyl (C=O) groups excluding carboxylic acids is 1. The summed E-state index contributed by atoms with van der Waals surface area (Å²) in [5.41, 5.74) is -0.0284. The zero-order chi connectivity index (χ0) is 17.7. The number of alkyl halides is 3. The quantitative estimate of drug-likeness (QED) is 0.687. The monoisotopic (exact) mass is 393 g/mol. The molecule has 0 aliphatic carbocycles. The summed E-state index contributed by atoms with van der Waals surface area (Å²) in [6, 6.07) is 9.79. The maximum Gasteiger partial charge on any atom is 0.416 e. The van der Waals surface area contributed by atoms with Crippen LogP contribution in [-0.2, 0) is 17.5 Å². The first-order valence-electron chi connectivity index (χ1n) is 6.76. The van der Waals surface area contributed by atoms with Gasteiger partial charge in [-0.3, -0.25) is 4.79 Å². The Morgan fingerprint density at radius 3 is 2.54 bits per heavy atom. The highest BCUT2D eigenvalue weighted by atomic mass is 35.5. The summed E-state index contributed by atoms with van der Waals surface area (Å²) >= 11 is 12.8. The lowest BCUT2D eigenvalue weighted by atomic mass is 10.2. The highest BCUT2D eigenvalue weighted by Crippen LogP contribution is 2.31. The van der Waals surface area contributed by atoms with Crippen molar-refractivity contribution >= 4 is 40.9 Å². The maximum atomic E-state index is 12.6. The van der Waals surface area contributed by atoms with E-state index in [0.717, 1.165) is 23.9 Å². The van der Waals surface area contributed by atoms with E-state index in [0.29, 0.717) is 20.5 Å². The molecule has 0 heterocycles. The summed E-state index contributed by atoms with van der Waals surface area (Å²) in [5.74, 6) is -0.296. The summed E-state index contributed by atoms with van der Waals surface area (Å²) < 4.78 is 37.9. The first kappa shape index (κ1) is 19.0. The normalized spacial score (nSPS) is 11.4. The Balaban J connectivity index is 1.87. The van der Waals surface area contributed by atoms with Gasteiger partial charge < -0.3 is 5.32 Å². The number of amides is 1. The average molecular weight is 394 g/mol. The molecule has 2 aromatic carbocycles. The minimum atomic E-state index is -4.40. The predicted molar refractivity (Wildman–Crippen MR) is 90.5 cm³/mol.